The Balaban J connectivity index is 1.47. The zero-order chi connectivity index (χ0) is 16.6. The highest BCUT2D eigenvalue weighted by atomic mass is 32.1. The lowest BCUT2D eigenvalue weighted by atomic mass is 9.79. The number of carbonyl (C=O) groups is 1. The zero-order valence-electron chi connectivity index (χ0n) is 13.9. The lowest BCUT2D eigenvalue weighted by Gasteiger charge is -2.40. The van der Waals surface area contributed by atoms with Crippen LogP contribution in [0.4, 0.5) is 5.95 Å². The monoisotopic (exact) mass is 342 g/mol. The van der Waals surface area contributed by atoms with Crippen molar-refractivity contribution in [3.63, 3.8) is 0 Å². The predicted molar refractivity (Wildman–Crippen MR) is 95.5 cm³/mol. The van der Waals surface area contributed by atoms with E-state index in [0.29, 0.717) is 0 Å². The molecule has 0 radical (unpaired) electrons. The van der Waals surface area contributed by atoms with Crippen LogP contribution in [0.5, 0.6) is 0 Å². The second kappa shape index (κ2) is 6.16. The maximum absolute atomic E-state index is 12.7. The third kappa shape index (κ3) is 2.90. The molecule has 2 aromatic heterocycles. The van der Waals surface area contributed by atoms with Gasteiger partial charge in [0.2, 0.25) is 5.95 Å². The number of rotatable bonds is 2. The van der Waals surface area contributed by atoms with E-state index < -0.39 is 0 Å². The van der Waals surface area contributed by atoms with E-state index in [-0.39, 0.29) is 11.3 Å². The van der Waals surface area contributed by atoms with Crippen molar-refractivity contribution in [1.82, 2.24) is 14.9 Å². The Morgan fingerprint density at radius 2 is 2.04 bits per heavy atom. The first kappa shape index (κ1) is 15.6. The third-order valence-corrected chi connectivity index (χ3v) is 5.89. The molecule has 2 aromatic rings. The SMILES string of the molecule is Cc1cnc(N2CC[C@]3(CCCN(C(=O)c4ccsc4)C3)C2)nc1. The van der Waals surface area contributed by atoms with E-state index in [4.69, 9.17) is 0 Å². The summed E-state index contributed by atoms with van der Waals surface area (Å²) < 4.78 is 0. The number of likely N-dealkylation sites (tertiary alicyclic amines) is 1. The molecule has 5 nitrogen and oxygen atoms in total. The van der Waals surface area contributed by atoms with Gasteiger partial charge in [-0.15, -0.1) is 0 Å². The molecule has 6 heteroatoms. The number of anilines is 1. The number of hydrogen-bond donors (Lipinski definition) is 0. The average Bonchev–Trinajstić information content (AvgIpc) is 3.26. The van der Waals surface area contributed by atoms with Crippen molar-refractivity contribution in [2.45, 2.75) is 26.2 Å². The van der Waals surface area contributed by atoms with Crippen LogP contribution in [0.15, 0.2) is 29.2 Å². The predicted octanol–water partition coefficient (Wildman–Crippen LogP) is 2.98. The fraction of sp³-hybridized carbons (Fsp3) is 0.500. The molecule has 0 saturated carbocycles. The first-order valence-corrected chi connectivity index (χ1v) is 9.45. The van der Waals surface area contributed by atoms with Gasteiger partial charge >= 0.3 is 0 Å². The topological polar surface area (TPSA) is 49.3 Å². The summed E-state index contributed by atoms with van der Waals surface area (Å²) in [6, 6.07) is 1.93. The van der Waals surface area contributed by atoms with Crippen molar-refractivity contribution >= 4 is 23.2 Å². The molecule has 0 aromatic carbocycles. The van der Waals surface area contributed by atoms with Crippen LogP contribution in [-0.4, -0.2) is 47.0 Å². The van der Waals surface area contributed by atoms with Gasteiger partial charge in [0.25, 0.3) is 5.91 Å². The van der Waals surface area contributed by atoms with Crippen molar-refractivity contribution in [2.24, 2.45) is 5.41 Å². The second-order valence-electron chi connectivity index (χ2n) is 7.07. The van der Waals surface area contributed by atoms with Crippen LogP contribution in [0.25, 0.3) is 0 Å². The van der Waals surface area contributed by atoms with Gasteiger partial charge in [0.1, 0.15) is 0 Å². The summed E-state index contributed by atoms with van der Waals surface area (Å²) in [6.45, 7) is 5.65. The number of carbonyl (C=O) groups excluding carboxylic acids is 1. The zero-order valence-corrected chi connectivity index (χ0v) is 14.8. The van der Waals surface area contributed by atoms with Gasteiger partial charge in [0.15, 0.2) is 0 Å². The summed E-state index contributed by atoms with van der Waals surface area (Å²) in [6.07, 6.45) is 7.13. The number of aryl methyl sites for hydroxylation is 1. The van der Waals surface area contributed by atoms with Crippen LogP contribution in [0, 0.1) is 12.3 Å². The van der Waals surface area contributed by atoms with Gasteiger partial charge in [-0.1, -0.05) is 0 Å². The summed E-state index contributed by atoms with van der Waals surface area (Å²) in [5.74, 6) is 0.999. The lowest BCUT2D eigenvalue weighted by Crippen LogP contribution is -2.47. The van der Waals surface area contributed by atoms with E-state index in [0.717, 1.165) is 56.1 Å². The van der Waals surface area contributed by atoms with Crippen LogP contribution in [-0.2, 0) is 0 Å². The molecule has 0 aliphatic carbocycles. The molecule has 4 rings (SSSR count). The van der Waals surface area contributed by atoms with Gasteiger partial charge in [0.05, 0.1) is 5.56 Å². The van der Waals surface area contributed by atoms with E-state index in [1.165, 1.54) is 6.42 Å². The first-order chi connectivity index (χ1) is 11.7. The quantitative estimate of drug-likeness (QED) is 0.842. The van der Waals surface area contributed by atoms with E-state index in [1.807, 2.05) is 41.0 Å². The Kier molecular flexibility index (Phi) is 4.00. The average molecular weight is 342 g/mol. The number of piperidine rings is 1. The molecule has 0 bridgehead atoms. The van der Waals surface area contributed by atoms with Gasteiger partial charge in [0, 0.05) is 49.4 Å². The summed E-state index contributed by atoms with van der Waals surface area (Å²) in [5, 5.41) is 3.92. The molecule has 2 saturated heterocycles. The van der Waals surface area contributed by atoms with Crippen molar-refractivity contribution < 1.29 is 4.79 Å². The molecule has 0 N–H and O–H groups in total. The van der Waals surface area contributed by atoms with Gasteiger partial charge in [-0.3, -0.25) is 4.79 Å². The highest BCUT2D eigenvalue weighted by Crippen LogP contribution is 2.40. The van der Waals surface area contributed by atoms with Gasteiger partial charge in [-0.25, -0.2) is 9.97 Å². The minimum absolute atomic E-state index is 0.181. The molecule has 2 aliphatic rings. The largest absolute Gasteiger partial charge is 0.340 e. The van der Waals surface area contributed by atoms with Crippen molar-refractivity contribution in [2.75, 3.05) is 31.1 Å². The highest BCUT2D eigenvalue weighted by molar-refractivity contribution is 7.08. The third-order valence-electron chi connectivity index (χ3n) is 5.21. The Labute approximate surface area is 146 Å². The van der Waals surface area contributed by atoms with Crippen molar-refractivity contribution in [3.05, 3.63) is 40.3 Å². The first-order valence-electron chi connectivity index (χ1n) is 8.50. The maximum Gasteiger partial charge on any atom is 0.254 e. The molecule has 2 fully saturated rings. The van der Waals surface area contributed by atoms with Crippen LogP contribution in [0.2, 0.25) is 0 Å². The Morgan fingerprint density at radius 3 is 2.79 bits per heavy atom. The number of thiophene rings is 1. The molecule has 4 heterocycles. The number of nitrogens with zero attached hydrogens (tertiary/aromatic N) is 4. The minimum atomic E-state index is 0.181. The van der Waals surface area contributed by atoms with Gasteiger partial charge in [-0.2, -0.15) is 11.3 Å². The van der Waals surface area contributed by atoms with Crippen molar-refractivity contribution in [1.29, 1.82) is 0 Å². The smallest absolute Gasteiger partial charge is 0.254 e. The Morgan fingerprint density at radius 1 is 1.21 bits per heavy atom. The highest BCUT2D eigenvalue weighted by Gasteiger charge is 2.43. The van der Waals surface area contributed by atoms with Crippen LogP contribution < -0.4 is 4.90 Å². The van der Waals surface area contributed by atoms with E-state index >= 15 is 0 Å². The van der Waals surface area contributed by atoms with Gasteiger partial charge in [-0.05, 0) is 43.2 Å². The molecule has 24 heavy (non-hydrogen) atoms. The molecule has 1 spiro atoms. The summed E-state index contributed by atoms with van der Waals surface area (Å²) in [7, 11) is 0. The normalized spacial score (nSPS) is 23.9. The summed E-state index contributed by atoms with van der Waals surface area (Å²) in [4.78, 5) is 25.9. The molecular formula is C18H22N4OS. The minimum Gasteiger partial charge on any atom is -0.340 e. The van der Waals surface area contributed by atoms with Crippen LogP contribution >= 0.6 is 11.3 Å². The molecule has 2 aliphatic heterocycles. The van der Waals surface area contributed by atoms with E-state index in [1.54, 1.807) is 11.3 Å². The Hall–Kier alpha value is -1.95. The Bertz CT molecular complexity index is 715. The standard InChI is InChI=1S/C18H22N4OS/c1-14-9-19-17(20-10-14)22-7-5-18(13-22)4-2-6-21(12-18)16(23)15-3-8-24-11-15/h3,8-11H,2,4-7,12-13H2,1H3/t18-/m0/s1. The maximum atomic E-state index is 12.7. The van der Waals surface area contributed by atoms with Crippen LogP contribution in [0.1, 0.15) is 35.2 Å². The van der Waals surface area contributed by atoms with Crippen molar-refractivity contribution in [3.8, 4) is 0 Å². The fourth-order valence-electron chi connectivity index (χ4n) is 3.94. The number of aromatic nitrogens is 2. The fourth-order valence-corrected chi connectivity index (χ4v) is 4.57. The molecule has 126 valence electrons. The second-order valence-corrected chi connectivity index (χ2v) is 7.85. The number of hydrogen-bond acceptors (Lipinski definition) is 5. The molecule has 1 amide bonds. The molecule has 1 atom stereocenters. The number of amides is 1. The summed E-state index contributed by atoms with van der Waals surface area (Å²) >= 11 is 1.58. The van der Waals surface area contributed by atoms with Gasteiger partial charge < -0.3 is 9.80 Å². The molecule has 0 unspecified atom stereocenters. The summed E-state index contributed by atoms with van der Waals surface area (Å²) in [5.41, 5.74) is 2.10. The molecular weight excluding hydrogens is 320 g/mol. The van der Waals surface area contributed by atoms with E-state index in [2.05, 4.69) is 14.9 Å². The lowest BCUT2D eigenvalue weighted by molar-refractivity contribution is 0.0557. The van der Waals surface area contributed by atoms with E-state index in [9.17, 15) is 4.79 Å². The van der Waals surface area contributed by atoms with Crippen LogP contribution in [0.3, 0.4) is 0 Å².